The van der Waals surface area contributed by atoms with Gasteiger partial charge in [-0.1, -0.05) is 41.5 Å². The molecule has 0 rings (SSSR count). The van der Waals surface area contributed by atoms with Crippen molar-refractivity contribution in [3.8, 4) is 0 Å². The molecular formula is C13H27NO3. The number of carboxylic acid groups (broad SMARTS) is 1. The summed E-state index contributed by atoms with van der Waals surface area (Å²) in [4.78, 5) is 21.0. The van der Waals surface area contributed by atoms with E-state index in [1.54, 1.807) is 14.0 Å². The van der Waals surface area contributed by atoms with Crippen LogP contribution < -0.4 is 5.32 Å². The van der Waals surface area contributed by atoms with E-state index in [-0.39, 0.29) is 23.7 Å². The first-order valence-corrected chi connectivity index (χ1v) is 6.09. The molecule has 17 heavy (non-hydrogen) atoms. The maximum Gasteiger partial charge on any atom is 0.306 e. The Kier molecular flexibility index (Phi) is 9.72. The van der Waals surface area contributed by atoms with E-state index in [1.807, 2.05) is 34.6 Å². The summed E-state index contributed by atoms with van der Waals surface area (Å²) in [5, 5.41) is 11.0. The Hall–Kier alpha value is -1.06. The van der Waals surface area contributed by atoms with E-state index in [2.05, 4.69) is 5.32 Å². The molecule has 0 heterocycles. The minimum Gasteiger partial charge on any atom is -0.481 e. The first kappa shape index (κ1) is 18.3. The maximum atomic E-state index is 10.8. The third-order valence-electron chi connectivity index (χ3n) is 3.05. The number of nitrogens with one attached hydrogen (secondary N) is 1. The number of rotatable bonds is 4. The van der Waals surface area contributed by atoms with Gasteiger partial charge < -0.3 is 10.4 Å². The van der Waals surface area contributed by atoms with Crippen LogP contribution in [0.1, 0.15) is 41.5 Å². The van der Waals surface area contributed by atoms with Crippen LogP contribution in [0.3, 0.4) is 0 Å². The fraction of sp³-hybridized carbons (Fsp3) is 0.846. The fourth-order valence-electron chi connectivity index (χ4n) is 0.816. The molecule has 0 aliphatic carbocycles. The largest absolute Gasteiger partial charge is 0.481 e. The first-order valence-electron chi connectivity index (χ1n) is 6.09. The van der Waals surface area contributed by atoms with Crippen molar-refractivity contribution in [1.82, 2.24) is 5.32 Å². The monoisotopic (exact) mass is 245 g/mol. The van der Waals surface area contributed by atoms with Gasteiger partial charge in [0.2, 0.25) is 5.91 Å². The Morgan fingerprint density at radius 3 is 1.29 bits per heavy atom. The van der Waals surface area contributed by atoms with Crippen LogP contribution in [0.5, 0.6) is 0 Å². The van der Waals surface area contributed by atoms with E-state index < -0.39 is 5.97 Å². The molecule has 2 N–H and O–H groups in total. The van der Waals surface area contributed by atoms with E-state index in [0.717, 1.165) is 0 Å². The number of hydrogen-bond acceptors (Lipinski definition) is 2. The van der Waals surface area contributed by atoms with Crippen molar-refractivity contribution >= 4 is 11.9 Å². The molecule has 0 aromatic heterocycles. The van der Waals surface area contributed by atoms with Gasteiger partial charge in [0.25, 0.3) is 0 Å². The van der Waals surface area contributed by atoms with E-state index in [0.29, 0.717) is 5.92 Å². The van der Waals surface area contributed by atoms with Crippen molar-refractivity contribution in [2.24, 2.45) is 23.7 Å². The molecule has 102 valence electrons. The van der Waals surface area contributed by atoms with Crippen LogP contribution in [0.15, 0.2) is 0 Å². The van der Waals surface area contributed by atoms with Gasteiger partial charge in [-0.15, -0.1) is 0 Å². The Bertz CT molecular complexity index is 237. The summed E-state index contributed by atoms with van der Waals surface area (Å²) in [6.45, 7) is 11.5. The molecule has 0 fully saturated rings. The van der Waals surface area contributed by atoms with Crippen LogP contribution >= 0.6 is 0 Å². The quantitative estimate of drug-likeness (QED) is 0.799. The molecular weight excluding hydrogens is 218 g/mol. The Morgan fingerprint density at radius 1 is 0.882 bits per heavy atom. The zero-order chi connectivity index (χ0) is 14.2. The number of carbonyl (C=O) groups excluding carboxylic acids is 1. The minimum absolute atomic E-state index is 0.130. The van der Waals surface area contributed by atoms with E-state index >= 15 is 0 Å². The average molecular weight is 245 g/mol. The topological polar surface area (TPSA) is 66.4 Å². The lowest BCUT2D eigenvalue weighted by atomic mass is 9.98. The summed E-state index contributed by atoms with van der Waals surface area (Å²) >= 11 is 0. The van der Waals surface area contributed by atoms with Gasteiger partial charge in [-0.3, -0.25) is 9.59 Å². The van der Waals surface area contributed by atoms with Gasteiger partial charge in [0.1, 0.15) is 0 Å². The highest BCUT2D eigenvalue weighted by molar-refractivity contribution is 5.78. The number of aliphatic carboxylic acids is 1. The van der Waals surface area contributed by atoms with Gasteiger partial charge >= 0.3 is 5.97 Å². The van der Waals surface area contributed by atoms with Crippen molar-refractivity contribution in [3.63, 3.8) is 0 Å². The second kappa shape index (κ2) is 9.02. The molecule has 2 unspecified atom stereocenters. The summed E-state index contributed by atoms with van der Waals surface area (Å²) < 4.78 is 0. The lowest BCUT2D eigenvalue weighted by molar-refractivity contribution is -0.142. The second-order valence-corrected chi connectivity index (χ2v) is 5.02. The van der Waals surface area contributed by atoms with Crippen LogP contribution in [0.2, 0.25) is 0 Å². The highest BCUT2D eigenvalue weighted by Crippen LogP contribution is 2.08. The van der Waals surface area contributed by atoms with Crippen LogP contribution in [-0.2, 0) is 9.59 Å². The standard InChI is InChI=1S/C7H15NO.C6H12O2/c1-5(2)6(3)7(9)8-4;1-4(2)5(3)6(7)8/h5-6H,1-4H3,(H,8,9);4-5H,1-3H3,(H,7,8). The lowest BCUT2D eigenvalue weighted by Gasteiger charge is -2.12. The molecule has 0 spiro atoms. The van der Waals surface area contributed by atoms with Crippen molar-refractivity contribution < 1.29 is 14.7 Å². The fourth-order valence-corrected chi connectivity index (χ4v) is 0.816. The Labute approximate surface area is 105 Å². The predicted octanol–water partition coefficient (Wildman–Crippen LogP) is 2.39. The molecule has 0 aromatic rings. The summed E-state index contributed by atoms with van der Waals surface area (Å²) in [7, 11) is 1.67. The minimum atomic E-state index is -0.708. The van der Waals surface area contributed by atoms with Crippen molar-refractivity contribution in [3.05, 3.63) is 0 Å². The second-order valence-electron chi connectivity index (χ2n) is 5.02. The van der Waals surface area contributed by atoms with Crippen molar-refractivity contribution in [1.29, 1.82) is 0 Å². The molecule has 0 aliphatic heterocycles. The van der Waals surface area contributed by atoms with Crippen molar-refractivity contribution in [2.45, 2.75) is 41.5 Å². The normalized spacial score (nSPS) is 13.7. The summed E-state index contributed by atoms with van der Waals surface area (Å²) in [5.41, 5.74) is 0. The molecule has 4 nitrogen and oxygen atoms in total. The molecule has 0 aliphatic rings. The number of amides is 1. The van der Waals surface area contributed by atoms with Crippen LogP contribution in [-0.4, -0.2) is 24.0 Å². The third-order valence-corrected chi connectivity index (χ3v) is 3.05. The first-order chi connectivity index (χ1) is 7.64. The molecule has 0 saturated heterocycles. The molecule has 4 heteroatoms. The number of hydrogen-bond donors (Lipinski definition) is 2. The smallest absolute Gasteiger partial charge is 0.306 e. The van der Waals surface area contributed by atoms with Gasteiger partial charge in [0.15, 0.2) is 0 Å². The summed E-state index contributed by atoms with van der Waals surface area (Å²) in [6.07, 6.45) is 0. The Balaban J connectivity index is 0. The molecule has 0 aromatic carbocycles. The molecule has 2 atom stereocenters. The maximum absolute atomic E-state index is 10.8. The van der Waals surface area contributed by atoms with E-state index in [4.69, 9.17) is 5.11 Å². The zero-order valence-electron chi connectivity index (χ0n) is 12.1. The number of carboxylic acids is 1. The molecule has 0 bridgehead atoms. The van der Waals surface area contributed by atoms with E-state index in [9.17, 15) is 9.59 Å². The van der Waals surface area contributed by atoms with Gasteiger partial charge in [-0.25, -0.2) is 0 Å². The van der Waals surface area contributed by atoms with E-state index in [1.165, 1.54) is 0 Å². The van der Waals surface area contributed by atoms with Crippen LogP contribution in [0, 0.1) is 23.7 Å². The Morgan fingerprint density at radius 2 is 1.24 bits per heavy atom. The zero-order valence-corrected chi connectivity index (χ0v) is 12.1. The van der Waals surface area contributed by atoms with Gasteiger partial charge in [0, 0.05) is 13.0 Å². The molecule has 1 amide bonds. The predicted molar refractivity (Wildman–Crippen MR) is 69.7 cm³/mol. The molecule has 0 radical (unpaired) electrons. The van der Waals surface area contributed by atoms with Gasteiger partial charge in [0.05, 0.1) is 5.92 Å². The molecule has 0 saturated carbocycles. The highest BCUT2D eigenvalue weighted by atomic mass is 16.4. The van der Waals surface area contributed by atoms with Crippen LogP contribution in [0.25, 0.3) is 0 Å². The van der Waals surface area contributed by atoms with Crippen molar-refractivity contribution in [2.75, 3.05) is 7.05 Å². The van der Waals surface area contributed by atoms with Gasteiger partial charge in [-0.2, -0.15) is 0 Å². The van der Waals surface area contributed by atoms with Crippen LogP contribution in [0.4, 0.5) is 0 Å². The third kappa shape index (κ3) is 8.72. The van der Waals surface area contributed by atoms with Gasteiger partial charge in [-0.05, 0) is 11.8 Å². The summed E-state index contributed by atoms with van der Waals surface area (Å²) in [6, 6.07) is 0. The lowest BCUT2D eigenvalue weighted by Crippen LogP contribution is -2.28. The SMILES string of the molecule is CC(C)C(C)C(=O)O.CNC(=O)C(C)C(C)C. The number of carbonyl (C=O) groups is 2. The average Bonchev–Trinajstić information content (AvgIpc) is 2.26. The highest BCUT2D eigenvalue weighted by Gasteiger charge is 2.14. The summed E-state index contributed by atoms with van der Waals surface area (Å²) in [5.74, 6) is 0.0208.